The number of hydrogen-bond acceptors (Lipinski definition) is 4. The summed E-state index contributed by atoms with van der Waals surface area (Å²) in [5.41, 5.74) is 0. The molecular formula is C15H24N2O4. The topological polar surface area (TPSA) is 59.1 Å². The van der Waals surface area contributed by atoms with E-state index in [9.17, 15) is 9.59 Å². The lowest BCUT2D eigenvalue weighted by Crippen LogP contribution is -2.58. The monoisotopic (exact) mass is 296 g/mol. The predicted octanol–water partition coefficient (Wildman–Crippen LogP) is 0.404. The second kappa shape index (κ2) is 6.32. The third-order valence-corrected chi connectivity index (χ3v) is 4.63. The quantitative estimate of drug-likeness (QED) is 0.740. The van der Waals surface area contributed by atoms with Gasteiger partial charge in [0.25, 0.3) is 11.8 Å². The molecule has 2 amide bonds. The average molecular weight is 296 g/mol. The summed E-state index contributed by atoms with van der Waals surface area (Å²) in [5, 5.41) is 0. The first kappa shape index (κ1) is 14.8. The van der Waals surface area contributed by atoms with Gasteiger partial charge in [0.15, 0.2) is 0 Å². The van der Waals surface area contributed by atoms with E-state index in [4.69, 9.17) is 9.47 Å². The number of piperazine rings is 1. The first-order valence-electron chi connectivity index (χ1n) is 7.99. The molecule has 0 unspecified atom stereocenters. The van der Waals surface area contributed by atoms with Gasteiger partial charge in [-0.3, -0.25) is 9.59 Å². The van der Waals surface area contributed by atoms with Crippen molar-refractivity contribution >= 4 is 11.8 Å². The van der Waals surface area contributed by atoms with Crippen LogP contribution in [0.25, 0.3) is 0 Å². The molecule has 0 spiro atoms. The Morgan fingerprint density at radius 1 is 0.952 bits per heavy atom. The van der Waals surface area contributed by atoms with Gasteiger partial charge in [0, 0.05) is 38.9 Å². The molecule has 0 bridgehead atoms. The minimum atomic E-state index is -0.270. The molecule has 6 heteroatoms. The number of nitrogens with zero attached hydrogens (tertiary/aromatic N) is 2. The van der Waals surface area contributed by atoms with Crippen LogP contribution in [0.5, 0.6) is 0 Å². The average Bonchev–Trinajstić information content (AvgIpc) is 3.18. The zero-order valence-corrected chi connectivity index (χ0v) is 12.6. The highest BCUT2D eigenvalue weighted by Gasteiger charge is 2.37. The Morgan fingerprint density at radius 2 is 1.57 bits per heavy atom. The molecule has 3 saturated heterocycles. The molecule has 0 aliphatic carbocycles. The Bertz CT molecular complexity index is 402. The molecule has 0 N–H and O–H groups in total. The van der Waals surface area contributed by atoms with Gasteiger partial charge in [0.2, 0.25) is 0 Å². The van der Waals surface area contributed by atoms with Crippen LogP contribution in [0.2, 0.25) is 0 Å². The first-order chi connectivity index (χ1) is 10.2. The minimum absolute atomic E-state index is 0.0424. The van der Waals surface area contributed by atoms with Gasteiger partial charge in [-0.2, -0.15) is 0 Å². The van der Waals surface area contributed by atoms with Crippen LogP contribution in [-0.4, -0.2) is 72.7 Å². The third-order valence-electron chi connectivity index (χ3n) is 4.63. The Hall–Kier alpha value is -1.14. The molecule has 3 aliphatic rings. The number of ether oxygens (including phenoxy) is 2. The predicted molar refractivity (Wildman–Crippen MR) is 75.7 cm³/mol. The van der Waals surface area contributed by atoms with Gasteiger partial charge < -0.3 is 19.3 Å². The van der Waals surface area contributed by atoms with E-state index in [-0.39, 0.29) is 30.1 Å². The van der Waals surface area contributed by atoms with E-state index in [1.54, 1.807) is 0 Å². The molecule has 0 saturated carbocycles. The lowest BCUT2D eigenvalue weighted by atomic mass is 10.1. The van der Waals surface area contributed by atoms with Gasteiger partial charge in [0.1, 0.15) is 12.2 Å². The largest absolute Gasteiger partial charge is 0.368 e. The molecule has 0 aromatic carbocycles. The number of carbonyl (C=O) groups excluding carboxylic acids is 2. The van der Waals surface area contributed by atoms with E-state index in [1.807, 2.05) is 16.7 Å². The molecular weight excluding hydrogens is 272 g/mol. The SMILES string of the molecule is C[C@H]1CN(C(=O)[C@@H]2CCCO2)CCN1C(=O)[C@@H]1CCCO1. The summed E-state index contributed by atoms with van der Waals surface area (Å²) in [6.07, 6.45) is 3.03. The Balaban J connectivity index is 1.56. The van der Waals surface area contributed by atoms with Crippen LogP contribution in [0, 0.1) is 0 Å². The second-order valence-electron chi connectivity index (χ2n) is 6.17. The summed E-state index contributed by atoms with van der Waals surface area (Å²) in [6, 6.07) is 0.0424. The van der Waals surface area contributed by atoms with E-state index in [1.165, 1.54) is 0 Å². The van der Waals surface area contributed by atoms with Crippen LogP contribution in [-0.2, 0) is 19.1 Å². The number of carbonyl (C=O) groups is 2. The molecule has 0 aromatic heterocycles. The van der Waals surface area contributed by atoms with Crippen molar-refractivity contribution in [1.82, 2.24) is 9.80 Å². The van der Waals surface area contributed by atoms with Crippen molar-refractivity contribution in [2.45, 2.75) is 50.9 Å². The smallest absolute Gasteiger partial charge is 0.252 e. The second-order valence-corrected chi connectivity index (χ2v) is 6.17. The maximum Gasteiger partial charge on any atom is 0.252 e. The molecule has 3 rings (SSSR count). The van der Waals surface area contributed by atoms with Crippen LogP contribution in [0.1, 0.15) is 32.6 Å². The fourth-order valence-electron chi connectivity index (χ4n) is 3.42. The Labute approximate surface area is 125 Å². The summed E-state index contributed by atoms with van der Waals surface area (Å²) in [6.45, 7) is 5.16. The number of hydrogen-bond donors (Lipinski definition) is 0. The van der Waals surface area contributed by atoms with Crippen molar-refractivity contribution < 1.29 is 19.1 Å². The first-order valence-corrected chi connectivity index (χ1v) is 7.99. The van der Waals surface area contributed by atoms with Crippen molar-refractivity contribution in [2.75, 3.05) is 32.8 Å². The van der Waals surface area contributed by atoms with E-state index >= 15 is 0 Å². The molecule has 118 valence electrons. The lowest BCUT2D eigenvalue weighted by molar-refractivity contribution is -0.152. The molecule has 3 atom stereocenters. The lowest BCUT2D eigenvalue weighted by Gasteiger charge is -2.41. The van der Waals surface area contributed by atoms with Crippen molar-refractivity contribution in [3.8, 4) is 0 Å². The highest BCUT2D eigenvalue weighted by Crippen LogP contribution is 2.21. The highest BCUT2D eigenvalue weighted by atomic mass is 16.5. The van der Waals surface area contributed by atoms with Crippen LogP contribution < -0.4 is 0 Å². The summed E-state index contributed by atoms with van der Waals surface area (Å²) in [5.74, 6) is 0.174. The molecule has 3 aliphatic heterocycles. The third kappa shape index (κ3) is 3.06. The highest BCUT2D eigenvalue weighted by molar-refractivity contribution is 5.83. The summed E-state index contributed by atoms with van der Waals surface area (Å²) >= 11 is 0. The van der Waals surface area contributed by atoms with Crippen LogP contribution in [0.3, 0.4) is 0 Å². The van der Waals surface area contributed by atoms with Crippen molar-refractivity contribution in [2.24, 2.45) is 0 Å². The summed E-state index contributed by atoms with van der Waals surface area (Å²) in [7, 11) is 0. The van der Waals surface area contributed by atoms with E-state index in [0.717, 1.165) is 25.7 Å². The molecule has 0 radical (unpaired) electrons. The Kier molecular flexibility index (Phi) is 4.45. The maximum atomic E-state index is 12.4. The van der Waals surface area contributed by atoms with Gasteiger partial charge in [-0.15, -0.1) is 0 Å². The Morgan fingerprint density at radius 3 is 2.10 bits per heavy atom. The van der Waals surface area contributed by atoms with Gasteiger partial charge >= 0.3 is 0 Å². The van der Waals surface area contributed by atoms with Gasteiger partial charge in [-0.05, 0) is 32.6 Å². The summed E-state index contributed by atoms with van der Waals surface area (Å²) < 4.78 is 10.9. The minimum Gasteiger partial charge on any atom is -0.368 e. The van der Waals surface area contributed by atoms with Crippen molar-refractivity contribution in [1.29, 1.82) is 0 Å². The van der Waals surface area contributed by atoms with E-state index < -0.39 is 0 Å². The van der Waals surface area contributed by atoms with E-state index in [2.05, 4.69) is 0 Å². The fraction of sp³-hybridized carbons (Fsp3) is 0.867. The normalized spacial score (nSPS) is 33.5. The molecule has 3 fully saturated rings. The van der Waals surface area contributed by atoms with Crippen LogP contribution in [0.4, 0.5) is 0 Å². The fourth-order valence-corrected chi connectivity index (χ4v) is 3.42. The maximum absolute atomic E-state index is 12.4. The zero-order valence-electron chi connectivity index (χ0n) is 12.6. The van der Waals surface area contributed by atoms with Gasteiger partial charge in [-0.1, -0.05) is 0 Å². The van der Waals surface area contributed by atoms with Crippen molar-refractivity contribution in [3.63, 3.8) is 0 Å². The standard InChI is InChI=1S/C15H24N2O4/c1-11-10-16(14(18)12-4-2-8-20-12)6-7-17(11)15(19)13-5-3-9-21-13/h11-13H,2-10H2,1H3/t11-,12-,13-/m0/s1. The zero-order chi connectivity index (χ0) is 14.8. The molecule has 6 nitrogen and oxygen atoms in total. The molecule has 3 heterocycles. The molecule has 0 aromatic rings. The van der Waals surface area contributed by atoms with Crippen molar-refractivity contribution in [3.05, 3.63) is 0 Å². The van der Waals surface area contributed by atoms with Gasteiger partial charge in [0.05, 0.1) is 0 Å². The van der Waals surface area contributed by atoms with Gasteiger partial charge in [-0.25, -0.2) is 0 Å². The number of rotatable bonds is 2. The van der Waals surface area contributed by atoms with Crippen LogP contribution in [0.15, 0.2) is 0 Å². The van der Waals surface area contributed by atoms with Crippen LogP contribution >= 0.6 is 0 Å². The summed E-state index contributed by atoms with van der Waals surface area (Å²) in [4.78, 5) is 28.5. The number of amides is 2. The van der Waals surface area contributed by atoms with E-state index in [0.29, 0.717) is 32.8 Å². The molecule has 21 heavy (non-hydrogen) atoms.